The number of aliphatic hydroxyl groups is 2. The van der Waals surface area contributed by atoms with Crippen LogP contribution in [0.2, 0.25) is 0 Å². The van der Waals surface area contributed by atoms with Crippen LogP contribution in [-0.2, 0) is 0 Å². The highest BCUT2D eigenvalue weighted by Crippen LogP contribution is 2.32. The number of thiol groups is 1. The van der Waals surface area contributed by atoms with Gasteiger partial charge in [0.1, 0.15) is 11.9 Å². The van der Waals surface area contributed by atoms with Gasteiger partial charge < -0.3 is 15.3 Å². The largest absolute Gasteiger partial charge is 0.502 e. The van der Waals surface area contributed by atoms with Gasteiger partial charge in [-0.2, -0.15) is 12.6 Å². The molecule has 0 aliphatic heterocycles. The van der Waals surface area contributed by atoms with E-state index >= 15 is 0 Å². The molecule has 0 heterocycles. The minimum atomic E-state index is -1.65. The predicted molar refractivity (Wildman–Crippen MR) is 59.5 cm³/mol. The van der Waals surface area contributed by atoms with Crippen molar-refractivity contribution in [1.29, 1.82) is 0 Å². The Hall–Kier alpha value is -1.38. The van der Waals surface area contributed by atoms with Gasteiger partial charge in [-0.3, -0.25) is 10.1 Å². The Balaban J connectivity index is 3.24. The van der Waals surface area contributed by atoms with E-state index in [0.717, 1.165) is 0 Å². The lowest BCUT2D eigenvalue weighted by Gasteiger charge is -2.16. The van der Waals surface area contributed by atoms with Crippen molar-refractivity contribution >= 4 is 18.3 Å². The van der Waals surface area contributed by atoms with E-state index in [2.05, 4.69) is 12.6 Å². The standard InChI is InChI=1S/C9H10FNO5S/c10-5-2-7(12)6(11(15)16)1-4(5)9(14)8(13)3-17/h1-2,8-9,12-14,17H,3H2. The summed E-state index contributed by atoms with van der Waals surface area (Å²) in [5.41, 5.74) is -1.21. The fourth-order valence-electron chi connectivity index (χ4n) is 1.25. The van der Waals surface area contributed by atoms with Crippen LogP contribution in [0.1, 0.15) is 11.7 Å². The lowest BCUT2D eigenvalue weighted by atomic mass is 10.0. The molecule has 94 valence electrons. The Morgan fingerprint density at radius 2 is 2.06 bits per heavy atom. The first-order chi connectivity index (χ1) is 7.88. The van der Waals surface area contributed by atoms with Gasteiger partial charge in [-0.15, -0.1) is 0 Å². The van der Waals surface area contributed by atoms with E-state index in [4.69, 9.17) is 5.11 Å². The van der Waals surface area contributed by atoms with Crippen molar-refractivity contribution in [3.8, 4) is 5.75 Å². The fraction of sp³-hybridized carbons (Fsp3) is 0.333. The predicted octanol–water partition coefficient (Wildman–Crippen LogP) is 0.764. The van der Waals surface area contributed by atoms with E-state index in [1.54, 1.807) is 0 Å². The van der Waals surface area contributed by atoms with Crippen molar-refractivity contribution in [3.05, 3.63) is 33.6 Å². The molecule has 1 aromatic rings. The molecule has 3 N–H and O–H groups in total. The zero-order chi connectivity index (χ0) is 13.2. The second-order valence-corrected chi connectivity index (χ2v) is 3.68. The molecule has 17 heavy (non-hydrogen) atoms. The van der Waals surface area contributed by atoms with Crippen molar-refractivity contribution in [3.63, 3.8) is 0 Å². The summed E-state index contributed by atoms with van der Waals surface area (Å²) in [6, 6.07) is 1.20. The van der Waals surface area contributed by atoms with Gasteiger partial charge in [0.05, 0.1) is 11.0 Å². The SMILES string of the molecule is O=[N+]([O-])c1cc(C(O)C(O)CS)c(F)cc1O. The molecule has 2 atom stereocenters. The highest BCUT2D eigenvalue weighted by Gasteiger charge is 2.25. The Morgan fingerprint density at radius 3 is 2.53 bits per heavy atom. The van der Waals surface area contributed by atoms with E-state index in [9.17, 15) is 24.7 Å². The molecule has 0 aromatic heterocycles. The molecule has 0 spiro atoms. The Kier molecular flexibility index (Phi) is 4.27. The van der Waals surface area contributed by atoms with Crippen molar-refractivity contribution in [2.75, 3.05) is 5.75 Å². The first-order valence-electron chi connectivity index (χ1n) is 4.52. The number of aromatic hydroxyl groups is 1. The maximum atomic E-state index is 13.4. The Morgan fingerprint density at radius 1 is 1.47 bits per heavy atom. The number of nitrogens with zero attached hydrogens (tertiary/aromatic N) is 1. The molecule has 6 nitrogen and oxygen atoms in total. The zero-order valence-corrected chi connectivity index (χ0v) is 9.34. The minimum Gasteiger partial charge on any atom is -0.502 e. The number of rotatable bonds is 4. The number of phenolic OH excluding ortho intramolecular Hbond substituents is 1. The summed E-state index contributed by atoms with van der Waals surface area (Å²) in [5.74, 6) is -2.03. The van der Waals surface area contributed by atoms with Crippen molar-refractivity contribution < 1.29 is 24.6 Å². The molecule has 2 unspecified atom stereocenters. The smallest absolute Gasteiger partial charge is 0.311 e. The van der Waals surface area contributed by atoms with Crippen LogP contribution in [0.5, 0.6) is 5.75 Å². The highest BCUT2D eigenvalue weighted by molar-refractivity contribution is 7.80. The third-order valence-electron chi connectivity index (χ3n) is 2.16. The molecule has 0 saturated carbocycles. The normalized spacial score (nSPS) is 14.4. The molecule has 0 radical (unpaired) electrons. The number of aliphatic hydroxyl groups excluding tert-OH is 2. The molecule has 0 amide bonds. The number of halogens is 1. The van der Waals surface area contributed by atoms with Crippen LogP contribution in [0.3, 0.4) is 0 Å². The third-order valence-corrected chi connectivity index (χ3v) is 2.53. The van der Waals surface area contributed by atoms with E-state index in [-0.39, 0.29) is 5.75 Å². The van der Waals surface area contributed by atoms with E-state index in [0.29, 0.717) is 12.1 Å². The fourth-order valence-corrected chi connectivity index (χ4v) is 1.45. The Bertz CT molecular complexity index is 442. The average Bonchev–Trinajstić information content (AvgIpc) is 2.26. The lowest BCUT2D eigenvalue weighted by molar-refractivity contribution is -0.386. The summed E-state index contributed by atoms with van der Waals surface area (Å²) in [7, 11) is 0. The molecule has 8 heteroatoms. The van der Waals surface area contributed by atoms with Gasteiger partial charge in [-0.1, -0.05) is 0 Å². The summed E-state index contributed by atoms with van der Waals surface area (Å²) in [6.07, 6.45) is -3.01. The van der Waals surface area contributed by atoms with Gasteiger partial charge in [0.25, 0.3) is 0 Å². The number of benzene rings is 1. The van der Waals surface area contributed by atoms with Crippen molar-refractivity contribution in [2.24, 2.45) is 0 Å². The maximum Gasteiger partial charge on any atom is 0.311 e. The second kappa shape index (κ2) is 5.30. The van der Waals surface area contributed by atoms with Gasteiger partial charge in [0.2, 0.25) is 0 Å². The quantitative estimate of drug-likeness (QED) is 0.365. The molecule has 0 saturated heterocycles. The summed E-state index contributed by atoms with van der Waals surface area (Å²) >= 11 is 3.71. The third kappa shape index (κ3) is 2.84. The first-order valence-corrected chi connectivity index (χ1v) is 5.15. The summed E-state index contributed by atoms with van der Waals surface area (Å²) in [6.45, 7) is 0. The molecule has 1 aromatic carbocycles. The number of phenols is 1. The van der Waals surface area contributed by atoms with Gasteiger partial charge in [0, 0.05) is 23.4 Å². The second-order valence-electron chi connectivity index (χ2n) is 3.31. The average molecular weight is 263 g/mol. The number of nitro groups is 1. The molecular weight excluding hydrogens is 253 g/mol. The van der Waals surface area contributed by atoms with Crippen LogP contribution in [0.15, 0.2) is 12.1 Å². The van der Waals surface area contributed by atoms with Gasteiger partial charge in [-0.05, 0) is 0 Å². The van der Waals surface area contributed by atoms with Crippen LogP contribution in [0.25, 0.3) is 0 Å². The van der Waals surface area contributed by atoms with Crippen LogP contribution in [-0.4, -0.2) is 32.1 Å². The van der Waals surface area contributed by atoms with Crippen LogP contribution < -0.4 is 0 Å². The highest BCUT2D eigenvalue weighted by atomic mass is 32.1. The molecule has 0 bridgehead atoms. The van der Waals surface area contributed by atoms with Gasteiger partial charge >= 0.3 is 5.69 Å². The minimum absolute atomic E-state index is 0.144. The van der Waals surface area contributed by atoms with Crippen molar-refractivity contribution in [1.82, 2.24) is 0 Å². The van der Waals surface area contributed by atoms with E-state index in [1.807, 2.05) is 0 Å². The van der Waals surface area contributed by atoms with Crippen LogP contribution in [0, 0.1) is 15.9 Å². The molecule has 1 rings (SSSR count). The topological polar surface area (TPSA) is 104 Å². The molecular formula is C9H10FNO5S. The van der Waals surface area contributed by atoms with E-state index < -0.39 is 39.9 Å². The molecule has 0 aliphatic carbocycles. The number of nitro benzene ring substituents is 1. The maximum absolute atomic E-state index is 13.4. The summed E-state index contributed by atoms with van der Waals surface area (Å²) in [4.78, 5) is 9.59. The van der Waals surface area contributed by atoms with Crippen molar-refractivity contribution in [2.45, 2.75) is 12.2 Å². The van der Waals surface area contributed by atoms with Crippen LogP contribution >= 0.6 is 12.6 Å². The molecule has 0 aliphatic rings. The van der Waals surface area contributed by atoms with Crippen LogP contribution in [0.4, 0.5) is 10.1 Å². The van der Waals surface area contributed by atoms with Gasteiger partial charge in [-0.25, -0.2) is 4.39 Å². The molecule has 0 fully saturated rings. The lowest BCUT2D eigenvalue weighted by Crippen LogP contribution is -2.20. The van der Waals surface area contributed by atoms with E-state index in [1.165, 1.54) is 0 Å². The zero-order valence-electron chi connectivity index (χ0n) is 8.45. The summed E-state index contributed by atoms with van der Waals surface area (Å²) in [5, 5.41) is 38.4. The first kappa shape index (κ1) is 13.7. The number of hydrogen-bond acceptors (Lipinski definition) is 6. The summed E-state index contributed by atoms with van der Waals surface area (Å²) < 4.78 is 13.4. The Labute approximate surface area is 101 Å². The van der Waals surface area contributed by atoms with Gasteiger partial charge in [0.15, 0.2) is 5.75 Å². The monoisotopic (exact) mass is 263 g/mol. The number of hydrogen-bond donors (Lipinski definition) is 4.